The molecule has 1 saturated carbocycles. The van der Waals surface area contributed by atoms with Crippen molar-refractivity contribution in [3.63, 3.8) is 0 Å². The fourth-order valence-electron chi connectivity index (χ4n) is 3.20. The Balaban J connectivity index is 1.59. The molecule has 1 aliphatic rings. The number of aromatic nitrogens is 4. The Kier molecular flexibility index (Phi) is 4.24. The molecule has 152 valence electrons. The van der Waals surface area contributed by atoms with E-state index in [0.29, 0.717) is 0 Å². The minimum Gasteiger partial charge on any atom is -0.344 e. The molecule has 0 bridgehead atoms. The van der Waals surface area contributed by atoms with Crippen molar-refractivity contribution in [3.05, 3.63) is 53.9 Å². The average Bonchev–Trinajstić information content (AvgIpc) is 3.11. The Labute approximate surface area is 159 Å². The van der Waals surface area contributed by atoms with Gasteiger partial charge in [-0.3, -0.25) is 0 Å². The van der Waals surface area contributed by atoms with Gasteiger partial charge in [0.25, 0.3) is 5.92 Å². The van der Waals surface area contributed by atoms with Gasteiger partial charge < -0.3 is 9.84 Å². The number of alkyl halides is 5. The van der Waals surface area contributed by atoms with Gasteiger partial charge in [-0.25, -0.2) is 23.1 Å². The van der Waals surface area contributed by atoms with Crippen molar-refractivity contribution >= 4 is 5.95 Å². The highest BCUT2D eigenvalue weighted by atomic mass is 19.4. The number of hydrogen-bond donors (Lipinski definition) is 1. The van der Waals surface area contributed by atoms with Gasteiger partial charge in [0.15, 0.2) is 0 Å². The van der Waals surface area contributed by atoms with Crippen molar-refractivity contribution in [1.29, 1.82) is 0 Å². The summed E-state index contributed by atoms with van der Waals surface area (Å²) >= 11 is 0. The van der Waals surface area contributed by atoms with Crippen molar-refractivity contribution in [2.24, 2.45) is 0 Å². The highest BCUT2D eigenvalue weighted by Crippen LogP contribution is 2.53. The Morgan fingerprint density at radius 2 is 1.69 bits per heavy atom. The van der Waals surface area contributed by atoms with Crippen molar-refractivity contribution in [2.75, 3.05) is 5.32 Å². The minimum atomic E-state index is -4.80. The topological polar surface area (TPSA) is 76.7 Å². The lowest BCUT2D eigenvalue weighted by atomic mass is 9.69. The van der Waals surface area contributed by atoms with Crippen LogP contribution < -0.4 is 5.32 Å². The fourth-order valence-corrected chi connectivity index (χ4v) is 3.20. The SMILES string of the molecule is Fc1ccccc1C1(Nc2ncc(-c3noc(C(F)(F)F)n3)cn2)CC(F)(F)C1. The first kappa shape index (κ1) is 19.2. The summed E-state index contributed by atoms with van der Waals surface area (Å²) in [6, 6.07) is 5.52. The molecule has 0 radical (unpaired) electrons. The Bertz CT molecular complexity index is 1030. The van der Waals surface area contributed by atoms with E-state index in [9.17, 15) is 26.3 Å². The molecule has 0 saturated heterocycles. The smallest absolute Gasteiger partial charge is 0.344 e. The Morgan fingerprint density at radius 1 is 1.03 bits per heavy atom. The molecule has 0 atom stereocenters. The van der Waals surface area contributed by atoms with Crippen LogP contribution in [-0.2, 0) is 11.7 Å². The Morgan fingerprint density at radius 3 is 2.24 bits per heavy atom. The first-order chi connectivity index (χ1) is 13.6. The van der Waals surface area contributed by atoms with Gasteiger partial charge in [-0.15, -0.1) is 0 Å². The standard InChI is InChI=1S/C17H11F6N5O/c18-11-4-2-1-3-10(11)15(7-16(19,20)8-15)27-14-24-5-9(6-25-14)12-26-13(29-28-12)17(21,22)23/h1-6H,7-8H2,(H,24,25,27). The van der Waals surface area contributed by atoms with Gasteiger partial charge >= 0.3 is 12.1 Å². The molecule has 0 aliphatic heterocycles. The molecule has 1 aliphatic carbocycles. The fraction of sp³-hybridized carbons (Fsp3) is 0.294. The molecule has 12 heteroatoms. The molecule has 1 N–H and O–H groups in total. The van der Waals surface area contributed by atoms with Crippen molar-refractivity contribution in [2.45, 2.75) is 30.5 Å². The zero-order chi connectivity index (χ0) is 20.9. The predicted molar refractivity (Wildman–Crippen MR) is 86.2 cm³/mol. The third-order valence-corrected chi connectivity index (χ3v) is 4.44. The molecular formula is C17H11F6N5O. The molecule has 0 amide bonds. The van der Waals surface area contributed by atoms with Gasteiger partial charge in [-0.2, -0.15) is 18.2 Å². The van der Waals surface area contributed by atoms with Gasteiger partial charge in [-0.05, 0) is 6.07 Å². The highest BCUT2D eigenvalue weighted by molar-refractivity contribution is 5.53. The lowest BCUT2D eigenvalue weighted by Gasteiger charge is -2.48. The number of halogens is 6. The molecule has 0 spiro atoms. The lowest BCUT2D eigenvalue weighted by Crippen LogP contribution is -2.55. The van der Waals surface area contributed by atoms with E-state index >= 15 is 0 Å². The third-order valence-electron chi connectivity index (χ3n) is 4.44. The predicted octanol–water partition coefficient (Wildman–Crippen LogP) is 4.42. The summed E-state index contributed by atoms with van der Waals surface area (Å²) in [5.74, 6) is -5.65. The molecular weight excluding hydrogens is 404 g/mol. The summed E-state index contributed by atoms with van der Waals surface area (Å²) in [6.07, 6.45) is -3.91. The number of anilines is 1. The second-order valence-corrected chi connectivity index (χ2v) is 6.61. The van der Waals surface area contributed by atoms with Crippen molar-refractivity contribution < 1.29 is 30.9 Å². The van der Waals surface area contributed by atoms with Crippen LogP contribution in [0.1, 0.15) is 24.3 Å². The highest BCUT2D eigenvalue weighted by Gasteiger charge is 2.58. The van der Waals surface area contributed by atoms with E-state index in [1.807, 2.05) is 0 Å². The second kappa shape index (κ2) is 6.42. The molecule has 2 heterocycles. The quantitative estimate of drug-likeness (QED) is 0.636. The molecule has 4 rings (SSSR count). The number of nitrogens with zero attached hydrogens (tertiary/aromatic N) is 4. The number of nitrogens with one attached hydrogen (secondary N) is 1. The van der Waals surface area contributed by atoms with E-state index in [4.69, 9.17) is 0 Å². The van der Waals surface area contributed by atoms with Gasteiger partial charge in [0.2, 0.25) is 11.8 Å². The van der Waals surface area contributed by atoms with E-state index in [1.165, 1.54) is 18.2 Å². The summed E-state index contributed by atoms with van der Waals surface area (Å²) in [7, 11) is 0. The summed E-state index contributed by atoms with van der Waals surface area (Å²) in [4.78, 5) is 11.0. The van der Waals surface area contributed by atoms with Crippen LogP contribution in [0.15, 0.2) is 41.2 Å². The monoisotopic (exact) mass is 415 g/mol. The van der Waals surface area contributed by atoms with Crippen LogP contribution in [0.4, 0.5) is 32.3 Å². The molecule has 1 aromatic carbocycles. The molecule has 29 heavy (non-hydrogen) atoms. The van der Waals surface area contributed by atoms with Crippen molar-refractivity contribution in [3.8, 4) is 11.4 Å². The summed E-state index contributed by atoms with van der Waals surface area (Å²) in [6.45, 7) is 0. The molecule has 1 fully saturated rings. The maximum atomic E-state index is 14.2. The van der Waals surface area contributed by atoms with E-state index in [-0.39, 0.29) is 22.9 Å². The normalized spacial score (nSPS) is 17.6. The number of benzene rings is 1. The zero-order valence-electron chi connectivity index (χ0n) is 14.3. The number of hydrogen-bond acceptors (Lipinski definition) is 6. The van der Waals surface area contributed by atoms with Crippen LogP contribution >= 0.6 is 0 Å². The van der Waals surface area contributed by atoms with Crippen LogP contribution in [-0.4, -0.2) is 26.0 Å². The maximum absolute atomic E-state index is 14.2. The van der Waals surface area contributed by atoms with E-state index < -0.39 is 42.2 Å². The van der Waals surface area contributed by atoms with Crippen LogP contribution in [0, 0.1) is 5.82 Å². The zero-order valence-corrected chi connectivity index (χ0v) is 14.3. The van der Waals surface area contributed by atoms with E-state index in [2.05, 4.69) is 29.9 Å². The molecule has 3 aromatic rings. The van der Waals surface area contributed by atoms with E-state index in [1.54, 1.807) is 0 Å². The van der Waals surface area contributed by atoms with Crippen LogP contribution in [0.3, 0.4) is 0 Å². The van der Waals surface area contributed by atoms with Crippen LogP contribution in [0.5, 0.6) is 0 Å². The summed E-state index contributed by atoms with van der Waals surface area (Å²) in [5.41, 5.74) is -1.34. The first-order valence-electron chi connectivity index (χ1n) is 8.22. The van der Waals surface area contributed by atoms with Gasteiger partial charge in [0, 0.05) is 30.8 Å². The van der Waals surface area contributed by atoms with E-state index in [0.717, 1.165) is 18.5 Å². The third kappa shape index (κ3) is 3.61. The summed E-state index contributed by atoms with van der Waals surface area (Å²) in [5, 5.41) is 5.93. The average molecular weight is 415 g/mol. The molecule has 6 nitrogen and oxygen atoms in total. The molecule has 2 aromatic heterocycles. The molecule has 0 unspecified atom stereocenters. The Hall–Kier alpha value is -3.18. The summed E-state index contributed by atoms with van der Waals surface area (Å²) < 4.78 is 83.2. The van der Waals surface area contributed by atoms with Gasteiger partial charge in [0.1, 0.15) is 5.82 Å². The van der Waals surface area contributed by atoms with Gasteiger partial charge in [0.05, 0.1) is 11.1 Å². The lowest BCUT2D eigenvalue weighted by molar-refractivity contribution is -0.159. The van der Waals surface area contributed by atoms with Crippen LogP contribution in [0.25, 0.3) is 11.4 Å². The van der Waals surface area contributed by atoms with Gasteiger partial charge in [-0.1, -0.05) is 23.4 Å². The minimum absolute atomic E-state index is 0.0219. The number of rotatable bonds is 4. The first-order valence-corrected chi connectivity index (χ1v) is 8.22. The van der Waals surface area contributed by atoms with Crippen LogP contribution in [0.2, 0.25) is 0 Å². The maximum Gasteiger partial charge on any atom is 0.471 e. The largest absolute Gasteiger partial charge is 0.471 e. The second-order valence-electron chi connectivity index (χ2n) is 6.61. The van der Waals surface area contributed by atoms with Crippen molar-refractivity contribution in [1.82, 2.24) is 20.1 Å².